The highest BCUT2D eigenvalue weighted by Crippen LogP contribution is 2.20. The second kappa shape index (κ2) is 72.1. The molecule has 0 saturated heterocycles. The number of allylic oxidation sites excluding steroid dienone is 2. The summed E-state index contributed by atoms with van der Waals surface area (Å²) in [6, 6.07) is -0.538. The molecule has 0 heterocycles. The van der Waals surface area contributed by atoms with Crippen molar-refractivity contribution in [1.29, 1.82) is 0 Å². The quantitative estimate of drug-likeness (QED) is 0.0320. The molecule has 0 aromatic rings. The lowest BCUT2D eigenvalue weighted by molar-refractivity contribution is -0.143. The third kappa shape index (κ3) is 67.7. The fourth-order valence-electron chi connectivity index (χ4n) is 12.3. The van der Waals surface area contributed by atoms with Crippen LogP contribution in [0.5, 0.6) is 0 Å². The van der Waals surface area contributed by atoms with Gasteiger partial charge < -0.3 is 20.3 Å². The van der Waals surface area contributed by atoms with Crippen LogP contribution in [0.15, 0.2) is 12.2 Å². The maximum absolute atomic E-state index is 12.5. The average Bonchev–Trinajstić information content (AvgIpc) is 3.48. The highest BCUT2D eigenvalue weighted by molar-refractivity contribution is 5.76. The van der Waals surface area contributed by atoms with Crippen LogP contribution in [0.25, 0.3) is 0 Å². The van der Waals surface area contributed by atoms with Gasteiger partial charge in [0.2, 0.25) is 5.91 Å². The summed E-state index contributed by atoms with van der Waals surface area (Å²) < 4.78 is 5.49. The van der Waals surface area contributed by atoms with Crippen molar-refractivity contribution in [2.45, 2.75) is 450 Å². The molecule has 0 aliphatic heterocycles. The van der Waals surface area contributed by atoms with Gasteiger partial charge in [-0.05, 0) is 51.4 Å². The first-order chi connectivity index (χ1) is 40.5. The number of unbranched alkanes of at least 4 members (excludes halogenated alkanes) is 59. The Kier molecular flexibility index (Phi) is 70.8. The number of aliphatic hydroxyl groups excluding tert-OH is 2. The maximum atomic E-state index is 12.5. The van der Waals surface area contributed by atoms with Crippen molar-refractivity contribution >= 4 is 11.9 Å². The van der Waals surface area contributed by atoms with E-state index < -0.39 is 12.1 Å². The molecule has 0 aromatic carbocycles. The topological polar surface area (TPSA) is 95.9 Å². The number of esters is 1. The summed E-state index contributed by atoms with van der Waals surface area (Å²) in [5, 5.41) is 23.4. The summed E-state index contributed by atoms with van der Waals surface area (Å²) in [6.07, 6.45) is 90.1. The second-order valence-corrected chi connectivity index (χ2v) is 26.3. The Balaban J connectivity index is 3.32. The van der Waals surface area contributed by atoms with Crippen molar-refractivity contribution in [3.63, 3.8) is 0 Å². The largest absolute Gasteiger partial charge is 0.466 e. The molecule has 0 aromatic heterocycles. The van der Waals surface area contributed by atoms with Crippen molar-refractivity contribution in [1.82, 2.24) is 5.32 Å². The summed E-state index contributed by atoms with van der Waals surface area (Å²) in [5.74, 6) is -0.00383. The first-order valence-electron chi connectivity index (χ1n) is 37.9. The van der Waals surface area contributed by atoms with Crippen LogP contribution in [0.2, 0.25) is 0 Å². The molecule has 6 heteroatoms. The number of ether oxygens (including phenoxy) is 1. The van der Waals surface area contributed by atoms with Crippen LogP contribution in [-0.4, -0.2) is 47.4 Å². The molecule has 488 valence electrons. The van der Waals surface area contributed by atoms with Crippen LogP contribution in [0.4, 0.5) is 0 Å². The number of hydrogen-bond acceptors (Lipinski definition) is 5. The number of nitrogens with one attached hydrogen (secondary N) is 1. The van der Waals surface area contributed by atoms with Gasteiger partial charge in [-0.2, -0.15) is 0 Å². The Morgan fingerprint density at radius 1 is 0.329 bits per heavy atom. The number of hydrogen-bond donors (Lipinski definition) is 3. The Hall–Kier alpha value is -1.40. The SMILES string of the molecule is CCCCCCCCCCCCCCCCCCC(O)C(CO)NC(=O)CCCCCCCCCCCCCCCCCCC/C=C\CCCCCCCCCCCCCCCCCCOC(=O)CCCCCCCCCCCCCC. The van der Waals surface area contributed by atoms with Crippen molar-refractivity contribution in [2.75, 3.05) is 13.2 Å². The van der Waals surface area contributed by atoms with Crippen molar-refractivity contribution < 1.29 is 24.5 Å². The van der Waals surface area contributed by atoms with E-state index in [-0.39, 0.29) is 18.5 Å². The summed E-state index contributed by atoms with van der Waals surface area (Å²) in [4.78, 5) is 24.6. The van der Waals surface area contributed by atoms with Gasteiger partial charge in [0.15, 0.2) is 0 Å². The molecule has 3 N–H and O–H groups in total. The van der Waals surface area contributed by atoms with Gasteiger partial charge in [0, 0.05) is 12.8 Å². The molecule has 1 amide bonds. The summed E-state index contributed by atoms with van der Waals surface area (Å²) in [7, 11) is 0. The molecule has 0 bridgehead atoms. The summed E-state index contributed by atoms with van der Waals surface area (Å²) in [6.45, 7) is 5.00. The van der Waals surface area contributed by atoms with Crippen LogP contribution in [0.3, 0.4) is 0 Å². The van der Waals surface area contributed by atoms with E-state index in [2.05, 4.69) is 31.3 Å². The molecule has 0 radical (unpaired) electrons. The molecule has 82 heavy (non-hydrogen) atoms. The minimum atomic E-state index is -0.661. The second-order valence-electron chi connectivity index (χ2n) is 26.3. The lowest BCUT2D eigenvalue weighted by atomic mass is 10.0. The lowest BCUT2D eigenvalue weighted by Crippen LogP contribution is -2.45. The third-order valence-electron chi connectivity index (χ3n) is 18.1. The van der Waals surface area contributed by atoms with E-state index in [1.807, 2.05) is 0 Å². The zero-order chi connectivity index (χ0) is 59.2. The fraction of sp³-hybridized carbons (Fsp3) is 0.947. The minimum Gasteiger partial charge on any atom is -0.466 e. The van der Waals surface area contributed by atoms with Gasteiger partial charge in [-0.3, -0.25) is 9.59 Å². The third-order valence-corrected chi connectivity index (χ3v) is 18.1. The predicted octanol–water partition coefficient (Wildman–Crippen LogP) is 24.7. The molecule has 0 rings (SSSR count). The Morgan fingerprint density at radius 2 is 0.573 bits per heavy atom. The molecule has 0 spiro atoms. The lowest BCUT2D eigenvalue weighted by Gasteiger charge is -2.22. The van der Waals surface area contributed by atoms with E-state index in [1.165, 1.54) is 366 Å². The molecule has 0 saturated carbocycles. The van der Waals surface area contributed by atoms with Crippen LogP contribution < -0.4 is 5.32 Å². The normalized spacial score (nSPS) is 12.5. The van der Waals surface area contributed by atoms with Gasteiger partial charge in [0.1, 0.15) is 0 Å². The molecular formula is C76H149NO5. The van der Waals surface area contributed by atoms with E-state index in [4.69, 9.17) is 4.74 Å². The van der Waals surface area contributed by atoms with Crippen LogP contribution in [-0.2, 0) is 14.3 Å². The van der Waals surface area contributed by atoms with Gasteiger partial charge in [-0.25, -0.2) is 0 Å². The summed E-state index contributed by atoms with van der Waals surface area (Å²) >= 11 is 0. The van der Waals surface area contributed by atoms with Crippen LogP contribution in [0.1, 0.15) is 438 Å². The van der Waals surface area contributed by atoms with Crippen molar-refractivity contribution in [3.8, 4) is 0 Å². The van der Waals surface area contributed by atoms with Crippen LogP contribution >= 0.6 is 0 Å². The Labute approximate surface area is 514 Å². The van der Waals surface area contributed by atoms with E-state index in [1.54, 1.807) is 0 Å². The van der Waals surface area contributed by atoms with E-state index in [9.17, 15) is 19.8 Å². The molecule has 6 nitrogen and oxygen atoms in total. The standard InChI is InChI=1S/C76H149NO5/c1-3-5-7-9-11-13-15-17-18-42-45-48-52-56-60-64-68-74(79)73(72-78)77-75(80)69-65-61-57-53-49-46-43-40-38-36-34-32-30-28-26-24-22-20-19-21-23-25-27-29-31-33-35-37-39-41-44-47-51-55-59-63-67-71-82-76(81)70-66-62-58-54-50-16-14-12-10-8-6-4-2/h19,21,73-74,78-79H,3-18,20,22-72H2,1-2H3,(H,77,80)/b21-19-. The van der Waals surface area contributed by atoms with Gasteiger partial charge in [-0.15, -0.1) is 0 Å². The molecule has 2 atom stereocenters. The molecular weight excluding hydrogens is 1010 g/mol. The van der Waals surface area contributed by atoms with E-state index >= 15 is 0 Å². The first kappa shape index (κ1) is 80.6. The number of carbonyl (C=O) groups is 2. The molecule has 2 unspecified atom stereocenters. The van der Waals surface area contributed by atoms with E-state index in [0.29, 0.717) is 25.9 Å². The number of aliphatic hydroxyl groups is 2. The maximum Gasteiger partial charge on any atom is 0.305 e. The highest BCUT2D eigenvalue weighted by Gasteiger charge is 2.20. The van der Waals surface area contributed by atoms with Crippen LogP contribution in [0, 0.1) is 0 Å². The van der Waals surface area contributed by atoms with Gasteiger partial charge >= 0.3 is 5.97 Å². The van der Waals surface area contributed by atoms with E-state index in [0.717, 1.165) is 38.5 Å². The first-order valence-corrected chi connectivity index (χ1v) is 37.9. The highest BCUT2D eigenvalue weighted by atomic mass is 16.5. The Morgan fingerprint density at radius 3 is 0.866 bits per heavy atom. The van der Waals surface area contributed by atoms with Gasteiger partial charge in [0.05, 0.1) is 25.4 Å². The van der Waals surface area contributed by atoms with Gasteiger partial charge in [-0.1, -0.05) is 386 Å². The van der Waals surface area contributed by atoms with Gasteiger partial charge in [0.25, 0.3) is 0 Å². The Bertz CT molecular complexity index is 1240. The average molecular weight is 1160 g/mol. The number of rotatable bonds is 72. The molecule has 0 fully saturated rings. The summed E-state index contributed by atoms with van der Waals surface area (Å²) in [5.41, 5.74) is 0. The fourth-order valence-corrected chi connectivity index (χ4v) is 12.3. The molecule has 0 aliphatic rings. The van der Waals surface area contributed by atoms with Crippen molar-refractivity contribution in [2.24, 2.45) is 0 Å². The number of carbonyl (C=O) groups excluding carboxylic acids is 2. The number of amides is 1. The zero-order valence-electron chi connectivity index (χ0n) is 56.0. The van der Waals surface area contributed by atoms with Crippen molar-refractivity contribution in [3.05, 3.63) is 12.2 Å². The zero-order valence-corrected chi connectivity index (χ0v) is 56.0. The minimum absolute atomic E-state index is 0.0231. The predicted molar refractivity (Wildman–Crippen MR) is 361 cm³/mol. The smallest absolute Gasteiger partial charge is 0.305 e. The monoisotopic (exact) mass is 1160 g/mol. The molecule has 0 aliphatic carbocycles.